The fraction of sp³-hybridized carbons (Fsp3) is 0.259. The van der Waals surface area contributed by atoms with Gasteiger partial charge in [0.2, 0.25) is 21.8 Å². The Hall–Kier alpha value is -3.36. The largest absolute Gasteiger partial charge is 0.357 e. The number of likely N-dealkylation sites (N-methyl/N-ethyl adjacent to an activating group) is 1. The summed E-state index contributed by atoms with van der Waals surface area (Å²) in [6.45, 7) is 1.46. The fourth-order valence-electron chi connectivity index (χ4n) is 3.86. The molecule has 190 valence electrons. The van der Waals surface area contributed by atoms with E-state index in [4.69, 9.17) is 11.6 Å². The smallest absolute Gasteiger partial charge is 0.244 e. The fourth-order valence-corrected chi connectivity index (χ4v) is 4.90. The number of hydrogen-bond donors (Lipinski definition) is 1. The molecule has 0 bridgehead atoms. The summed E-state index contributed by atoms with van der Waals surface area (Å²) >= 11 is 6.40. The van der Waals surface area contributed by atoms with Crippen LogP contribution in [0, 0.1) is 6.92 Å². The second kappa shape index (κ2) is 12.1. The number of carbonyl (C=O) groups is 2. The van der Waals surface area contributed by atoms with Crippen LogP contribution >= 0.6 is 11.6 Å². The summed E-state index contributed by atoms with van der Waals surface area (Å²) in [5.41, 5.74) is 2.84. The Labute approximate surface area is 217 Å². The van der Waals surface area contributed by atoms with Crippen molar-refractivity contribution < 1.29 is 18.0 Å². The number of sulfonamides is 1. The Bertz CT molecular complexity index is 1300. The van der Waals surface area contributed by atoms with Crippen molar-refractivity contribution in [2.45, 2.75) is 25.9 Å². The van der Waals surface area contributed by atoms with Crippen LogP contribution in [-0.2, 0) is 32.6 Å². The maximum absolute atomic E-state index is 13.8. The molecular weight excluding hydrogens is 498 g/mol. The molecule has 1 atom stereocenters. The van der Waals surface area contributed by atoms with Crippen molar-refractivity contribution >= 4 is 39.1 Å². The third kappa shape index (κ3) is 7.08. The van der Waals surface area contributed by atoms with Crippen LogP contribution in [0.1, 0.15) is 16.7 Å². The van der Waals surface area contributed by atoms with E-state index in [1.807, 2.05) is 37.3 Å². The highest BCUT2D eigenvalue weighted by atomic mass is 35.5. The van der Waals surface area contributed by atoms with Gasteiger partial charge in [-0.15, -0.1) is 0 Å². The molecule has 0 aliphatic rings. The van der Waals surface area contributed by atoms with E-state index in [0.717, 1.165) is 21.7 Å². The van der Waals surface area contributed by atoms with E-state index in [1.54, 1.807) is 48.5 Å². The van der Waals surface area contributed by atoms with Gasteiger partial charge in [-0.05, 0) is 36.2 Å². The van der Waals surface area contributed by atoms with Crippen LogP contribution in [0.3, 0.4) is 0 Å². The minimum atomic E-state index is -3.79. The van der Waals surface area contributed by atoms with Crippen LogP contribution in [0.2, 0.25) is 5.02 Å². The van der Waals surface area contributed by atoms with E-state index in [1.165, 1.54) is 11.9 Å². The molecular formula is C27H30ClN3O4S. The van der Waals surface area contributed by atoms with Gasteiger partial charge in [0.25, 0.3) is 0 Å². The Kier molecular flexibility index (Phi) is 9.12. The molecule has 0 aliphatic heterocycles. The topological polar surface area (TPSA) is 86.8 Å². The number of rotatable bonds is 10. The van der Waals surface area contributed by atoms with E-state index in [0.29, 0.717) is 16.3 Å². The minimum Gasteiger partial charge on any atom is -0.357 e. The number of amides is 2. The normalized spacial score (nSPS) is 12.0. The molecule has 3 aromatic rings. The summed E-state index contributed by atoms with van der Waals surface area (Å²) in [6, 6.07) is 22.4. The molecule has 0 saturated carbocycles. The van der Waals surface area contributed by atoms with E-state index >= 15 is 0 Å². The van der Waals surface area contributed by atoms with Crippen molar-refractivity contribution in [1.29, 1.82) is 0 Å². The van der Waals surface area contributed by atoms with Gasteiger partial charge in [0, 0.05) is 25.0 Å². The summed E-state index contributed by atoms with van der Waals surface area (Å²) in [6.07, 6.45) is 1.30. The van der Waals surface area contributed by atoms with Crippen LogP contribution in [0.15, 0.2) is 78.9 Å². The Morgan fingerprint density at radius 2 is 1.56 bits per heavy atom. The average Bonchev–Trinajstić information content (AvgIpc) is 2.85. The third-order valence-corrected chi connectivity index (χ3v) is 7.33. The van der Waals surface area contributed by atoms with Crippen molar-refractivity contribution in [2.24, 2.45) is 0 Å². The Morgan fingerprint density at radius 1 is 0.944 bits per heavy atom. The van der Waals surface area contributed by atoms with Crippen molar-refractivity contribution in [3.05, 3.63) is 101 Å². The number of aryl methyl sites for hydroxylation is 1. The maximum atomic E-state index is 13.8. The van der Waals surface area contributed by atoms with Crippen molar-refractivity contribution in [3.63, 3.8) is 0 Å². The molecule has 7 nitrogen and oxygen atoms in total. The highest BCUT2D eigenvalue weighted by Gasteiger charge is 2.32. The van der Waals surface area contributed by atoms with Crippen LogP contribution in [0.25, 0.3) is 0 Å². The van der Waals surface area contributed by atoms with E-state index in [9.17, 15) is 18.0 Å². The average molecular weight is 528 g/mol. The first-order valence-corrected chi connectivity index (χ1v) is 13.7. The number of benzene rings is 3. The molecule has 0 aromatic heterocycles. The molecule has 9 heteroatoms. The summed E-state index contributed by atoms with van der Waals surface area (Å²) in [5, 5.41) is 3.09. The third-order valence-electron chi connectivity index (χ3n) is 5.82. The predicted octanol–water partition coefficient (Wildman–Crippen LogP) is 3.80. The number of carbonyl (C=O) groups excluding carboxylic acids is 2. The molecule has 3 rings (SSSR count). The number of halogens is 1. The van der Waals surface area contributed by atoms with Crippen LogP contribution in [-0.4, -0.2) is 51.0 Å². The van der Waals surface area contributed by atoms with Gasteiger partial charge in [-0.1, -0.05) is 77.8 Å². The van der Waals surface area contributed by atoms with Crippen molar-refractivity contribution in [1.82, 2.24) is 10.2 Å². The lowest BCUT2D eigenvalue weighted by Crippen LogP contribution is -2.52. The van der Waals surface area contributed by atoms with Gasteiger partial charge in [-0.2, -0.15) is 0 Å². The van der Waals surface area contributed by atoms with Gasteiger partial charge in [-0.3, -0.25) is 13.9 Å². The molecule has 36 heavy (non-hydrogen) atoms. The minimum absolute atomic E-state index is 0.0366. The zero-order chi connectivity index (χ0) is 26.3. The first-order valence-electron chi connectivity index (χ1n) is 11.4. The number of hydrogen-bond acceptors (Lipinski definition) is 4. The second-order valence-corrected chi connectivity index (χ2v) is 10.9. The Morgan fingerprint density at radius 3 is 2.14 bits per heavy atom. The summed E-state index contributed by atoms with van der Waals surface area (Å²) in [5.74, 6) is -0.883. The SMILES string of the molecule is CNC(=O)[C@@H](Cc1ccccc1)N(Cc1ccccc1Cl)C(=O)CN(c1ccc(C)cc1)S(C)(=O)=O. The molecule has 1 N–H and O–H groups in total. The highest BCUT2D eigenvalue weighted by Crippen LogP contribution is 2.23. The standard InChI is InChI=1S/C27H30ClN3O4S/c1-20-13-15-23(16-14-20)31(36(3,34)35)19-26(32)30(18-22-11-7-8-12-24(22)28)25(27(33)29-2)17-21-9-5-4-6-10-21/h4-16,25H,17-19H2,1-3H3,(H,29,33)/t25-/m1/s1. The summed E-state index contributed by atoms with van der Waals surface area (Å²) < 4.78 is 26.4. The van der Waals surface area contributed by atoms with Gasteiger partial charge in [-0.25, -0.2) is 8.42 Å². The zero-order valence-electron chi connectivity index (χ0n) is 20.5. The molecule has 0 heterocycles. The first kappa shape index (κ1) is 27.2. The van der Waals surface area contributed by atoms with Crippen LogP contribution in [0.5, 0.6) is 0 Å². The Balaban J connectivity index is 2.03. The molecule has 2 amide bonds. The molecule has 0 radical (unpaired) electrons. The summed E-state index contributed by atoms with van der Waals surface area (Å²) in [7, 11) is -2.28. The summed E-state index contributed by atoms with van der Waals surface area (Å²) in [4.78, 5) is 28.3. The van der Waals surface area contributed by atoms with Gasteiger partial charge in [0.15, 0.2) is 0 Å². The number of anilines is 1. The first-order chi connectivity index (χ1) is 17.1. The van der Waals surface area contributed by atoms with Crippen molar-refractivity contribution in [2.75, 3.05) is 24.2 Å². The van der Waals surface area contributed by atoms with E-state index < -0.39 is 28.5 Å². The molecule has 0 saturated heterocycles. The quantitative estimate of drug-likeness (QED) is 0.434. The lowest BCUT2D eigenvalue weighted by Gasteiger charge is -2.33. The van der Waals surface area contributed by atoms with Gasteiger partial charge >= 0.3 is 0 Å². The molecule has 0 spiro atoms. The van der Waals surface area contributed by atoms with E-state index in [2.05, 4.69) is 5.32 Å². The zero-order valence-corrected chi connectivity index (χ0v) is 22.1. The van der Waals surface area contributed by atoms with Gasteiger partial charge in [0.05, 0.1) is 11.9 Å². The van der Waals surface area contributed by atoms with Crippen molar-refractivity contribution in [3.8, 4) is 0 Å². The number of nitrogens with zero attached hydrogens (tertiary/aromatic N) is 2. The second-order valence-electron chi connectivity index (χ2n) is 8.54. The molecule has 0 unspecified atom stereocenters. The lowest BCUT2D eigenvalue weighted by molar-refractivity contribution is -0.139. The molecule has 3 aromatic carbocycles. The number of nitrogens with one attached hydrogen (secondary N) is 1. The molecule has 0 fully saturated rings. The maximum Gasteiger partial charge on any atom is 0.244 e. The highest BCUT2D eigenvalue weighted by molar-refractivity contribution is 7.92. The lowest BCUT2D eigenvalue weighted by atomic mass is 10.0. The van der Waals surface area contributed by atoms with Crippen LogP contribution < -0.4 is 9.62 Å². The van der Waals surface area contributed by atoms with Gasteiger partial charge in [0.1, 0.15) is 12.6 Å². The van der Waals surface area contributed by atoms with Crippen LogP contribution in [0.4, 0.5) is 5.69 Å². The molecule has 0 aliphatic carbocycles. The van der Waals surface area contributed by atoms with Gasteiger partial charge < -0.3 is 10.2 Å². The monoisotopic (exact) mass is 527 g/mol. The van der Waals surface area contributed by atoms with E-state index in [-0.39, 0.29) is 18.9 Å². The predicted molar refractivity (Wildman–Crippen MR) is 143 cm³/mol.